The Morgan fingerprint density at radius 1 is 1.27 bits per heavy atom. The maximum Gasteiger partial charge on any atom is 0.0594 e. The summed E-state index contributed by atoms with van der Waals surface area (Å²) in [5.41, 5.74) is 4.16. The zero-order valence-corrected chi connectivity index (χ0v) is 14.3. The van der Waals surface area contributed by atoms with Crippen LogP contribution < -0.4 is 5.32 Å². The molecule has 1 saturated heterocycles. The van der Waals surface area contributed by atoms with Gasteiger partial charge in [-0.2, -0.15) is 0 Å². The minimum Gasteiger partial charge on any atom is -0.379 e. The molecule has 2 aromatic rings. The molecule has 0 amide bonds. The van der Waals surface area contributed by atoms with Gasteiger partial charge in [0.2, 0.25) is 0 Å². The molecular formula is C17H22BrN3O. The van der Waals surface area contributed by atoms with Gasteiger partial charge in [-0.05, 0) is 43.1 Å². The van der Waals surface area contributed by atoms with Crippen LogP contribution >= 0.6 is 15.9 Å². The lowest BCUT2D eigenvalue weighted by Gasteiger charge is -2.30. The lowest BCUT2D eigenvalue weighted by molar-refractivity contribution is 0.0360. The van der Waals surface area contributed by atoms with E-state index < -0.39 is 0 Å². The molecular weight excluding hydrogens is 342 g/mol. The van der Waals surface area contributed by atoms with E-state index >= 15 is 0 Å². The number of rotatable bonds is 3. The lowest BCUT2D eigenvalue weighted by atomic mass is 9.97. The van der Waals surface area contributed by atoms with E-state index in [0.717, 1.165) is 56.7 Å². The van der Waals surface area contributed by atoms with Crippen LogP contribution in [0.3, 0.4) is 0 Å². The topological polar surface area (TPSA) is 40.3 Å². The Morgan fingerprint density at radius 2 is 2.14 bits per heavy atom. The Bertz CT molecular complexity index is 663. The summed E-state index contributed by atoms with van der Waals surface area (Å²) in [7, 11) is 0. The lowest BCUT2D eigenvalue weighted by Crippen LogP contribution is -2.39. The van der Waals surface area contributed by atoms with Crippen LogP contribution in [-0.4, -0.2) is 49.3 Å². The van der Waals surface area contributed by atoms with Crippen molar-refractivity contribution in [3.63, 3.8) is 0 Å². The van der Waals surface area contributed by atoms with E-state index in [-0.39, 0.29) is 0 Å². The minimum absolute atomic E-state index is 0.442. The van der Waals surface area contributed by atoms with E-state index in [0.29, 0.717) is 6.04 Å². The smallest absolute Gasteiger partial charge is 0.0594 e. The molecule has 1 fully saturated rings. The Labute approximate surface area is 139 Å². The van der Waals surface area contributed by atoms with E-state index in [1.54, 1.807) is 0 Å². The van der Waals surface area contributed by atoms with E-state index in [4.69, 9.17) is 4.74 Å². The van der Waals surface area contributed by atoms with Crippen LogP contribution in [0.1, 0.15) is 23.7 Å². The van der Waals surface area contributed by atoms with Crippen LogP contribution in [0.4, 0.5) is 0 Å². The minimum atomic E-state index is 0.442. The molecule has 0 unspecified atom stereocenters. The summed E-state index contributed by atoms with van der Waals surface area (Å²) in [5, 5.41) is 5.07. The fourth-order valence-corrected chi connectivity index (χ4v) is 4.02. The Balaban J connectivity index is 1.55. The van der Waals surface area contributed by atoms with Crippen molar-refractivity contribution >= 4 is 26.8 Å². The number of hydrogen-bond donors (Lipinski definition) is 2. The predicted octanol–water partition coefficient (Wildman–Crippen LogP) is 2.84. The summed E-state index contributed by atoms with van der Waals surface area (Å²) in [5.74, 6) is 0. The summed E-state index contributed by atoms with van der Waals surface area (Å²) in [6.07, 6.45) is 2.26. The molecule has 1 aromatic heterocycles. The number of ether oxygens (including phenoxy) is 1. The summed E-state index contributed by atoms with van der Waals surface area (Å²) >= 11 is 3.59. The van der Waals surface area contributed by atoms with Crippen molar-refractivity contribution in [2.75, 3.05) is 39.4 Å². The highest BCUT2D eigenvalue weighted by Gasteiger charge is 2.24. The number of fused-ring (bicyclic) bond motifs is 3. The molecule has 4 rings (SSSR count). The number of nitrogens with zero attached hydrogens (tertiary/aromatic N) is 1. The van der Waals surface area contributed by atoms with Crippen molar-refractivity contribution < 1.29 is 4.74 Å². The van der Waals surface area contributed by atoms with Gasteiger partial charge >= 0.3 is 0 Å². The fourth-order valence-electron chi connectivity index (χ4n) is 3.66. The first-order chi connectivity index (χ1) is 10.8. The predicted molar refractivity (Wildman–Crippen MR) is 92.3 cm³/mol. The maximum atomic E-state index is 5.43. The normalized spacial score (nSPS) is 22.9. The maximum absolute atomic E-state index is 5.43. The average Bonchev–Trinajstić information content (AvgIpc) is 2.92. The molecule has 0 spiro atoms. The molecule has 3 heterocycles. The molecule has 0 aliphatic carbocycles. The number of H-pyrrole nitrogens is 1. The summed E-state index contributed by atoms with van der Waals surface area (Å²) in [6, 6.07) is 6.98. The fraction of sp³-hybridized carbons (Fsp3) is 0.529. The number of aromatic nitrogens is 1. The van der Waals surface area contributed by atoms with Gasteiger partial charge in [-0.25, -0.2) is 0 Å². The van der Waals surface area contributed by atoms with Crippen LogP contribution in [0.25, 0.3) is 10.9 Å². The Morgan fingerprint density at radius 3 is 3.00 bits per heavy atom. The largest absolute Gasteiger partial charge is 0.379 e. The molecule has 1 aromatic carbocycles. The number of halogens is 1. The monoisotopic (exact) mass is 363 g/mol. The zero-order valence-electron chi connectivity index (χ0n) is 12.7. The molecule has 0 radical (unpaired) electrons. The van der Waals surface area contributed by atoms with E-state index in [2.05, 4.69) is 49.3 Å². The molecule has 2 aliphatic heterocycles. The molecule has 5 heteroatoms. The average molecular weight is 364 g/mol. The first kappa shape index (κ1) is 14.7. The summed E-state index contributed by atoms with van der Waals surface area (Å²) < 4.78 is 6.59. The van der Waals surface area contributed by atoms with Crippen LogP contribution in [0, 0.1) is 0 Å². The number of benzene rings is 1. The Hall–Kier alpha value is -0.880. The summed E-state index contributed by atoms with van der Waals surface area (Å²) in [6.45, 7) is 6.10. The number of morpholine rings is 1. The van der Waals surface area contributed by atoms with E-state index in [9.17, 15) is 0 Å². The molecule has 0 bridgehead atoms. The van der Waals surface area contributed by atoms with Gasteiger partial charge < -0.3 is 15.0 Å². The van der Waals surface area contributed by atoms with Crippen molar-refractivity contribution in [1.29, 1.82) is 0 Å². The van der Waals surface area contributed by atoms with Gasteiger partial charge in [0.05, 0.1) is 13.2 Å². The van der Waals surface area contributed by atoms with Gasteiger partial charge in [0.15, 0.2) is 0 Å². The second-order valence-corrected chi connectivity index (χ2v) is 7.12. The molecule has 118 valence electrons. The van der Waals surface area contributed by atoms with Crippen LogP contribution in [0.5, 0.6) is 0 Å². The number of aromatic amines is 1. The highest BCUT2D eigenvalue weighted by molar-refractivity contribution is 9.10. The van der Waals surface area contributed by atoms with Crippen LogP contribution in [0.2, 0.25) is 0 Å². The molecule has 1 atom stereocenters. The number of hydrogen-bond acceptors (Lipinski definition) is 3. The molecule has 2 N–H and O–H groups in total. The van der Waals surface area contributed by atoms with Crippen molar-refractivity contribution in [3.05, 3.63) is 33.9 Å². The third kappa shape index (κ3) is 2.83. The second-order valence-electron chi connectivity index (χ2n) is 6.21. The first-order valence-corrected chi connectivity index (χ1v) is 8.94. The molecule has 2 aliphatic rings. The van der Waals surface area contributed by atoms with Crippen LogP contribution in [-0.2, 0) is 11.2 Å². The van der Waals surface area contributed by atoms with Crippen molar-refractivity contribution in [2.45, 2.75) is 18.9 Å². The summed E-state index contributed by atoms with van der Waals surface area (Å²) in [4.78, 5) is 6.17. The van der Waals surface area contributed by atoms with Gasteiger partial charge in [-0.3, -0.25) is 4.90 Å². The SMILES string of the molecule is Brc1ccc2[nH]c3c(c2c1)CCN[C@@H]3CCN1CCOCC1. The first-order valence-electron chi connectivity index (χ1n) is 8.15. The third-order valence-corrected chi connectivity index (χ3v) is 5.35. The Kier molecular flexibility index (Phi) is 4.22. The second kappa shape index (κ2) is 6.32. The van der Waals surface area contributed by atoms with Gasteiger partial charge in [-0.15, -0.1) is 0 Å². The molecule has 22 heavy (non-hydrogen) atoms. The standard InChI is InChI=1S/C17H22BrN3O/c18-12-1-2-15-14(11-12)13-3-5-19-16(17(13)20-15)4-6-21-7-9-22-10-8-21/h1-2,11,16,19-20H,3-10H2/t16-/m1/s1. The van der Waals surface area contributed by atoms with Crippen LogP contribution in [0.15, 0.2) is 22.7 Å². The van der Waals surface area contributed by atoms with Gasteiger partial charge in [0, 0.05) is 46.7 Å². The van der Waals surface area contributed by atoms with Gasteiger partial charge in [0.1, 0.15) is 0 Å². The van der Waals surface area contributed by atoms with Gasteiger partial charge in [-0.1, -0.05) is 15.9 Å². The van der Waals surface area contributed by atoms with Crippen molar-refractivity contribution in [1.82, 2.24) is 15.2 Å². The molecule has 4 nitrogen and oxygen atoms in total. The highest BCUT2D eigenvalue weighted by Crippen LogP contribution is 2.33. The van der Waals surface area contributed by atoms with Crippen molar-refractivity contribution in [2.24, 2.45) is 0 Å². The van der Waals surface area contributed by atoms with E-state index in [1.165, 1.54) is 22.2 Å². The van der Waals surface area contributed by atoms with E-state index in [1.807, 2.05) is 0 Å². The number of nitrogens with one attached hydrogen (secondary N) is 2. The zero-order chi connectivity index (χ0) is 14.9. The van der Waals surface area contributed by atoms with Crippen molar-refractivity contribution in [3.8, 4) is 0 Å². The van der Waals surface area contributed by atoms with Gasteiger partial charge in [0.25, 0.3) is 0 Å². The molecule has 0 saturated carbocycles. The third-order valence-electron chi connectivity index (χ3n) is 4.85. The highest BCUT2D eigenvalue weighted by atomic mass is 79.9. The quantitative estimate of drug-likeness (QED) is 0.880.